The van der Waals surface area contributed by atoms with Crippen molar-refractivity contribution in [3.05, 3.63) is 29.8 Å². The maximum absolute atomic E-state index is 11.8. The molecule has 1 fully saturated rings. The van der Waals surface area contributed by atoms with Gasteiger partial charge in [0.05, 0.1) is 12.6 Å². The topological polar surface area (TPSA) is 123 Å². The number of imide groups is 1. The Morgan fingerprint density at radius 1 is 1.43 bits per heavy atom. The van der Waals surface area contributed by atoms with Gasteiger partial charge >= 0.3 is 5.97 Å². The third-order valence-electron chi connectivity index (χ3n) is 2.62. The van der Waals surface area contributed by atoms with E-state index in [1.54, 1.807) is 24.3 Å². The Morgan fingerprint density at radius 3 is 2.70 bits per heavy atom. The zero-order valence-electron chi connectivity index (χ0n) is 11.6. The number of hydrazone groups is 1. The third-order valence-corrected chi connectivity index (χ3v) is 3.69. The van der Waals surface area contributed by atoms with Gasteiger partial charge in [0.1, 0.15) is 11.0 Å². The summed E-state index contributed by atoms with van der Waals surface area (Å²) in [5, 5.41) is 4.75. The van der Waals surface area contributed by atoms with Crippen LogP contribution in [0, 0.1) is 0 Å². The van der Waals surface area contributed by atoms with Gasteiger partial charge in [0.25, 0.3) is 5.24 Å². The molecule has 1 aliphatic heterocycles. The summed E-state index contributed by atoms with van der Waals surface area (Å²) in [6.45, 7) is 0. The van der Waals surface area contributed by atoms with Crippen LogP contribution in [0.1, 0.15) is 12.0 Å². The number of rotatable bonds is 5. The van der Waals surface area contributed by atoms with Gasteiger partial charge in [0.15, 0.2) is 5.11 Å². The van der Waals surface area contributed by atoms with E-state index in [4.69, 9.17) is 10.5 Å². The Labute approximate surface area is 140 Å². The van der Waals surface area contributed by atoms with Gasteiger partial charge in [-0.25, -0.2) is 0 Å². The van der Waals surface area contributed by atoms with Crippen molar-refractivity contribution < 1.29 is 19.1 Å². The smallest absolute Gasteiger partial charge is 0.312 e. The zero-order valence-corrected chi connectivity index (χ0v) is 13.3. The van der Waals surface area contributed by atoms with E-state index >= 15 is 0 Å². The van der Waals surface area contributed by atoms with E-state index in [1.807, 2.05) is 0 Å². The second kappa shape index (κ2) is 7.70. The number of nitrogens with one attached hydrogen (secondary N) is 2. The van der Waals surface area contributed by atoms with Gasteiger partial charge in [-0.3, -0.25) is 25.1 Å². The molecule has 2 amide bonds. The molecule has 0 bridgehead atoms. The van der Waals surface area contributed by atoms with Gasteiger partial charge in [-0.2, -0.15) is 5.10 Å². The Hall–Kier alpha value is -2.46. The highest BCUT2D eigenvalue weighted by molar-refractivity contribution is 8.15. The number of hydrogen-bond acceptors (Lipinski definition) is 7. The average molecular weight is 352 g/mol. The van der Waals surface area contributed by atoms with Crippen LogP contribution in [0.15, 0.2) is 29.4 Å². The molecule has 8 nitrogen and oxygen atoms in total. The highest BCUT2D eigenvalue weighted by Crippen LogP contribution is 2.23. The van der Waals surface area contributed by atoms with E-state index in [1.165, 1.54) is 6.21 Å². The molecule has 0 saturated carbocycles. The number of nitrogens with two attached hydrogens (primary N) is 1. The van der Waals surface area contributed by atoms with E-state index in [0.717, 1.165) is 17.3 Å². The monoisotopic (exact) mass is 352 g/mol. The third kappa shape index (κ3) is 5.34. The molecular weight excluding hydrogens is 340 g/mol. The van der Waals surface area contributed by atoms with E-state index < -0.39 is 22.4 Å². The van der Waals surface area contributed by atoms with E-state index in [9.17, 15) is 14.4 Å². The Kier molecular flexibility index (Phi) is 5.66. The maximum atomic E-state index is 11.8. The van der Waals surface area contributed by atoms with Gasteiger partial charge < -0.3 is 10.5 Å². The standard InChI is InChI=1S/C13H12N4O4S2/c14-12(22)17-15-6-7-1-3-8(4-2-7)21-10(18)5-9-11(19)16-13(20)23-9/h1-4,6,9H,5H2,(H3,14,17,22)(H,16,19,20)/b15-6+. The van der Waals surface area contributed by atoms with Gasteiger partial charge in [-0.05, 0) is 42.0 Å². The summed E-state index contributed by atoms with van der Waals surface area (Å²) in [6.07, 6.45) is 1.32. The van der Waals surface area contributed by atoms with Crippen molar-refractivity contribution in [3.63, 3.8) is 0 Å². The number of esters is 1. The molecule has 1 saturated heterocycles. The summed E-state index contributed by atoms with van der Waals surface area (Å²) >= 11 is 5.38. The Balaban J connectivity index is 1.86. The molecule has 0 radical (unpaired) electrons. The predicted octanol–water partition coefficient (Wildman–Crippen LogP) is 0.501. The first-order chi connectivity index (χ1) is 10.9. The summed E-state index contributed by atoms with van der Waals surface area (Å²) in [6, 6.07) is 6.50. The summed E-state index contributed by atoms with van der Waals surface area (Å²) in [4.78, 5) is 34.1. The second-order valence-electron chi connectivity index (χ2n) is 4.36. The molecule has 4 N–H and O–H groups in total. The molecule has 1 aromatic carbocycles. The lowest BCUT2D eigenvalue weighted by atomic mass is 10.2. The van der Waals surface area contributed by atoms with Crippen molar-refractivity contribution in [2.45, 2.75) is 11.7 Å². The molecule has 10 heteroatoms. The van der Waals surface area contributed by atoms with Crippen molar-refractivity contribution in [1.82, 2.24) is 10.7 Å². The summed E-state index contributed by atoms with van der Waals surface area (Å²) in [5.41, 5.74) is 8.37. The number of ether oxygens (including phenoxy) is 1. The first kappa shape index (κ1) is 16.9. The van der Waals surface area contributed by atoms with Crippen molar-refractivity contribution in [1.29, 1.82) is 0 Å². The van der Waals surface area contributed by atoms with Crippen LogP contribution >= 0.6 is 24.0 Å². The molecule has 0 spiro atoms. The van der Waals surface area contributed by atoms with Crippen LogP contribution in [-0.4, -0.2) is 33.7 Å². The van der Waals surface area contributed by atoms with E-state index in [-0.39, 0.29) is 11.5 Å². The lowest BCUT2D eigenvalue weighted by Crippen LogP contribution is -2.27. The predicted molar refractivity (Wildman–Crippen MR) is 89.1 cm³/mol. The summed E-state index contributed by atoms with van der Waals surface area (Å²) in [7, 11) is 0. The van der Waals surface area contributed by atoms with Gasteiger partial charge in [0.2, 0.25) is 5.91 Å². The molecule has 0 aliphatic carbocycles. The minimum absolute atomic E-state index is 0.0547. The normalized spacial score (nSPS) is 17.1. The van der Waals surface area contributed by atoms with E-state index in [2.05, 4.69) is 28.1 Å². The zero-order chi connectivity index (χ0) is 16.8. The fourth-order valence-corrected chi connectivity index (χ4v) is 2.50. The van der Waals surface area contributed by atoms with E-state index in [0.29, 0.717) is 5.75 Å². The van der Waals surface area contributed by atoms with Crippen LogP contribution in [0.25, 0.3) is 0 Å². The Morgan fingerprint density at radius 2 is 2.13 bits per heavy atom. The van der Waals surface area contributed by atoms with Crippen molar-refractivity contribution in [3.8, 4) is 5.75 Å². The molecule has 1 aliphatic rings. The number of carbonyl (C=O) groups excluding carboxylic acids is 3. The highest BCUT2D eigenvalue weighted by atomic mass is 32.2. The van der Waals surface area contributed by atoms with Crippen LogP contribution in [0.4, 0.5) is 4.79 Å². The fourth-order valence-electron chi connectivity index (χ4n) is 1.64. The van der Waals surface area contributed by atoms with Crippen molar-refractivity contribution >= 4 is 52.4 Å². The largest absolute Gasteiger partial charge is 0.426 e. The maximum Gasteiger partial charge on any atom is 0.312 e. The highest BCUT2D eigenvalue weighted by Gasteiger charge is 2.33. The number of thiocarbonyl (C=S) groups is 1. The molecule has 2 rings (SSSR count). The summed E-state index contributed by atoms with van der Waals surface area (Å²) < 4.78 is 5.11. The van der Waals surface area contributed by atoms with Gasteiger partial charge in [-0.15, -0.1) is 0 Å². The van der Waals surface area contributed by atoms with Crippen LogP contribution in [0.2, 0.25) is 0 Å². The van der Waals surface area contributed by atoms with Crippen molar-refractivity contribution in [2.75, 3.05) is 0 Å². The molecular formula is C13H12N4O4S2. The first-order valence-electron chi connectivity index (χ1n) is 6.35. The minimum atomic E-state index is -0.743. The summed E-state index contributed by atoms with van der Waals surface area (Å²) in [5.74, 6) is -0.748. The molecule has 1 unspecified atom stereocenters. The number of nitrogens with zero attached hydrogens (tertiary/aromatic N) is 1. The average Bonchev–Trinajstić information content (AvgIpc) is 2.78. The van der Waals surface area contributed by atoms with Gasteiger partial charge in [0, 0.05) is 0 Å². The van der Waals surface area contributed by atoms with Crippen LogP contribution in [0.5, 0.6) is 5.75 Å². The van der Waals surface area contributed by atoms with Crippen LogP contribution < -0.4 is 21.2 Å². The van der Waals surface area contributed by atoms with Crippen LogP contribution in [-0.2, 0) is 9.59 Å². The molecule has 0 aromatic heterocycles. The quantitative estimate of drug-likeness (QED) is 0.230. The molecule has 1 atom stereocenters. The van der Waals surface area contributed by atoms with Crippen LogP contribution in [0.3, 0.4) is 0 Å². The number of hydrogen-bond donors (Lipinski definition) is 3. The SMILES string of the molecule is NC(=S)N/N=C/c1ccc(OC(=O)CC2SC(=O)NC2=O)cc1. The number of carbonyl (C=O) groups is 3. The van der Waals surface area contributed by atoms with Crippen molar-refractivity contribution in [2.24, 2.45) is 10.8 Å². The Bertz CT molecular complexity index is 675. The minimum Gasteiger partial charge on any atom is -0.426 e. The molecule has 1 aromatic rings. The molecule has 1 heterocycles. The first-order valence-corrected chi connectivity index (χ1v) is 7.63. The number of amides is 2. The lowest BCUT2D eigenvalue weighted by Gasteiger charge is -2.06. The molecule has 23 heavy (non-hydrogen) atoms. The fraction of sp³-hybridized carbons (Fsp3) is 0.154. The van der Waals surface area contributed by atoms with Gasteiger partial charge in [-0.1, -0.05) is 11.8 Å². The lowest BCUT2D eigenvalue weighted by molar-refractivity contribution is -0.135. The molecule has 120 valence electrons. The number of benzene rings is 1. The number of thioether (sulfide) groups is 1. The second-order valence-corrected chi connectivity index (χ2v) is 5.98.